The second kappa shape index (κ2) is 14.7. The Hall–Kier alpha value is -1.36. The number of fused-ring (bicyclic) bond motifs is 1. The van der Waals surface area contributed by atoms with Crippen molar-refractivity contribution in [3.8, 4) is 0 Å². The predicted octanol–water partition coefficient (Wildman–Crippen LogP) is 1.83. The molecule has 0 amide bonds. The van der Waals surface area contributed by atoms with Gasteiger partial charge in [0.1, 0.15) is 0 Å². The summed E-state index contributed by atoms with van der Waals surface area (Å²) >= 11 is 0. The number of allylic oxidation sites excluding steroid dienone is 4. The topological polar surface area (TPSA) is 120 Å². The van der Waals surface area contributed by atoms with Gasteiger partial charge in [0.05, 0.1) is 0 Å². The standard InChI is InChI=1S/C9H11.3C5H10O2.Zr/c1-2-5-9-7-3-6-8(9)4-1;3*1-5(2,3)4(6)7;/h1-2,4,6,9H,3,5,7H2;3*1-3H3,(H,6,7);/q-1;;;;+4/p-3. The van der Waals surface area contributed by atoms with Gasteiger partial charge in [0.15, 0.2) is 0 Å². The normalized spacial score (nSPS) is 16.7. The maximum absolute atomic E-state index is 9.91. The third-order valence-electron chi connectivity index (χ3n) is 4.05. The molecule has 0 aliphatic heterocycles. The second-order valence-corrected chi connectivity index (χ2v) is 10.4. The first-order valence-electron chi connectivity index (χ1n) is 10.1. The second-order valence-electron chi connectivity index (χ2n) is 10.4. The van der Waals surface area contributed by atoms with Crippen LogP contribution < -0.4 is 15.3 Å². The summed E-state index contributed by atoms with van der Waals surface area (Å²) in [6.45, 7) is 14.4. The molecule has 7 heteroatoms. The molecule has 0 N–H and O–H groups in total. The van der Waals surface area contributed by atoms with Gasteiger partial charge in [-0.2, -0.15) is 0 Å². The zero-order valence-electron chi connectivity index (χ0n) is 20.5. The van der Waals surface area contributed by atoms with Gasteiger partial charge in [-0.3, -0.25) is 0 Å². The van der Waals surface area contributed by atoms with Crippen LogP contribution in [0.4, 0.5) is 0 Å². The van der Waals surface area contributed by atoms with Crippen LogP contribution in [0.5, 0.6) is 0 Å². The fourth-order valence-corrected chi connectivity index (χ4v) is 1.66. The Bertz CT molecular complexity index is 571. The summed E-state index contributed by atoms with van der Waals surface area (Å²) in [7, 11) is 0. The fourth-order valence-electron chi connectivity index (χ4n) is 1.66. The molecule has 0 radical (unpaired) electrons. The van der Waals surface area contributed by atoms with Crippen LogP contribution in [-0.4, -0.2) is 17.9 Å². The molecule has 174 valence electrons. The summed E-state index contributed by atoms with van der Waals surface area (Å²) in [4.78, 5) is 29.7. The molecule has 2 aliphatic rings. The van der Waals surface area contributed by atoms with Crippen LogP contribution >= 0.6 is 0 Å². The van der Waals surface area contributed by atoms with E-state index >= 15 is 0 Å². The van der Waals surface area contributed by atoms with Crippen molar-refractivity contribution in [1.82, 2.24) is 0 Å². The van der Waals surface area contributed by atoms with Crippen LogP contribution in [0.25, 0.3) is 0 Å². The van der Waals surface area contributed by atoms with Crippen LogP contribution in [0.3, 0.4) is 0 Å². The molecule has 0 saturated heterocycles. The molecular formula is C24H38O6Zr. The number of rotatable bonds is 0. The Morgan fingerprint density at radius 1 is 0.806 bits per heavy atom. The SMILES string of the molecule is C1=CCC2CC[CH-]C2=C1.CC(C)(C)C(=O)[O-].CC(C)(C)C(=O)[O-].CC(C)(C)C(=O)[O-].[Zr+4]. The Kier molecular flexibility index (Phi) is 16.2. The average molecular weight is 514 g/mol. The summed E-state index contributed by atoms with van der Waals surface area (Å²) in [5, 5.41) is 29.7. The van der Waals surface area contributed by atoms with E-state index in [2.05, 4.69) is 24.6 Å². The van der Waals surface area contributed by atoms with Gasteiger partial charge in [-0.25, -0.2) is 18.1 Å². The first kappa shape index (κ1) is 34.3. The monoisotopic (exact) mass is 512 g/mol. The summed E-state index contributed by atoms with van der Waals surface area (Å²) in [6.07, 6.45) is 13.0. The third kappa shape index (κ3) is 18.0. The third-order valence-corrected chi connectivity index (χ3v) is 4.05. The number of carbonyl (C=O) groups excluding carboxylic acids is 3. The van der Waals surface area contributed by atoms with Crippen LogP contribution in [0, 0.1) is 28.6 Å². The van der Waals surface area contributed by atoms with E-state index in [9.17, 15) is 29.7 Å². The zero-order valence-corrected chi connectivity index (χ0v) is 22.9. The van der Waals surface area contributed by atoms with Crippen molar-refractivity contribution in [1.29, 1.82) is 0 Å². The van der Waals surface area contributed by atoms with Gasteiger partial charge in [-0.05, 0) is 12.3 Å². The molecule has 2 aliphatic carbocycles. The molecule has 1 atom stereocenters. The van der Waals surface area contributed by atoms with E-state index in [0.717, 1.165) is 5.92 Å². The molecule has 0 heterocycles. The van der Waals surface area contributed by atoms with Crippen molar-refractivity contribution in [2.24, 2.45) is 22.2 Å². The van der Waals surface area contributed by atoms with Gasteiger partial charge >= 0.3 is 26.2 Å². The number of hydrogen-bond donors (Lipinski definition) is 0. The molecule has 0 bridgehead atoms. The predicted molar refractivity (Wildman–Crippen MR) is 112 cm³/mol. The molecule has 31 heavy (non-hydrogen) atoms. The first-order chi connectivity index (χ1) is 13.3. The van der Waals surface area contributed by atoms with E-state index in [1.165, 1.54) is 19.3 Å². The Labute approximate surface area is 207 Å². The van der Waals surface area contributed by atoms with E-state index < -0.39 is 34.2 Å². The van der Waals surface area contributed by atoms with E-state index in [1.807, 2.05) is 0 Å². The van der Waals surface area contributed by atoms with Crippen molar-refractivity contribution in [3.05, 3.63) is 30.2 Å². The number of carbonyl (C=O) groups is 3. The minimum Gasteiger partial charge on any atom is -0.550 e. The summed E-state index contributed by atoms with van der Waals surface area (Å²) in [5.41, 5.74) is -0.502. The quantitative estimate of drug-likeness (QED) is 0.456. The van der Waals surface area contributed by atoms with Crippen LogP contribution in [0.2, 0.25) is 0 Å². The summed E-state index contributed by atoms with van der Waals surface area (Å²) in [5.74, 6) is -2.14. The molecule has 0 aromatic carbocycles. The van der Waals surface area contributed by atoms with Crippen molar-refractivity contribution >= 4 is 17.9 Å². The van der Waals surface area contributed by atoms with Crippen molar-refractivity contribution in [2.75, 3.05) is 0 Å². The number of aliphatic carboxylic acids is 3. The molecule has 1 unspecified atom stereocenters. The van der Waals surface area contributed by atoms with E-state index in [-0.39, 0.29) is 26.2 Å². The van der Waals surface area contributed by atoms with Crippen molar-refractivity contribution in [3.63, 3.8) is 0 Å². The van der Waals surface area contributed by atoms with Crippen molar-refractivity contribution < 1.29 is 55.9 Å². The molecule has 0 aromatic rings. The van der Waals surface area contributed by atoms with Crippen molar-refractivity contribution in [2.45, 2.75) is 81.6 Å². The molecule has 0 aromatic heterocycles. The number of hydrogen-bond acceptors (Lipinski definition) is 6. The zero-order chi connectivity index (χ0) is 24.3. The van der Waals surface area contributed by atoms with Crippen LogP contribution in [0.1, 0.15) is 81.6 Å². The van der Waals surface area contributed by atoms with Crippen LogP contribution in [-0.2, 0) is 40.6 Å². The molecule has 1 saturated carbocycles. The average Bonchev–Trinajstić information content (AvgIpc) is 3.02. The number of carboxylic acids is 3. The molecule has 6 nitrogen and oxygen atoms in total. The smallest absolute Gasteiger partial charge is 0.550 e. The molecule has 1 fully saturated rings. The Morgan fingerprint density at radius 2 is 1.13 bits per heavy atom. The minimum atomic E-state index is -1.01. The van der Waals surface area contributed by atoms with Gasteiger partial charge in [-0.15, -0.1) is 18.6 Å². The van der Waals surface area contributed by atoms with E-state index in [1.54, 1.807) is 67.9 Å². The maximum atomic E-state index is 9.91. The Balaban J connectivity index is -0.000000337. The fraction of sp³-hybridized carbons (Fsp3) is 0.667. The van der Waals surface area contributed by atoms with Gasteiger partial charge in [0.25, 0.3) is 0 Å². The minimum absolute atomic E-state index is 0. The maximum Gasteiger partial charge on any atom is 4.00 e. The largest absolute Gasteiger partial charge is 4.00 e. The van der Waals surface area contributed by atoms with Gasteiger partial charge in [0, 0.05) is 34.2 Å². The Morgan fingerprint density at radius 3 is 1.39 bits per heavy atom. The number of carboxylic acid groups (broad SMARTS) is 3. The molecular weight excluding hydrogens is 475 g/mol. The van der Waals surface area contributed by atoms with Crippen LogP contribution in [0.15, 0.2) is 23.8 Å². The molecule has 0 spiro atoms. The van der Waals surface area contributed by atoms with Gasteiger partial charge in [0.2, 0.25) is 0 Å². The van der Waals surface area contributed by atoms with Gasteiger partial charge < -0.3 is 29.7 Å². The first-order valence-corrected chi connectivity index (χ1v) is 10.1. The van der Waals surface area contributed by atoms with E-state index in [4.69, 9.17) is 0 Å². The molecule has 2 rings (SSSR count). The summed E-state index contributed by atoms with van der Waals surface area (Å²) < 4.78 is 0. The summed E-state index contributed by atoms with van der Waals surface area (Å²) in [6, 6.07) is 0. The van der Waals surface area contributed by atoms with Gasteiger partial charge in [-0.1, -0.05) is 68.7 Å². The van der Waals surface area contributed by atoms with E-state index in [0.29, 0.717) is 0 Å².